The molecule has 0 saturated carbocycles. The molecule has 1 amide bonds. The van der Waals surface area contributed by atoms with Crippen molar-refractivity contribution in [3.05, 3.63) is 96.1 Å². The van der Waals surface area contributed by atoms with Crippen LogP contribution in [0.25, 0.3) is 10.9 Å². The summed E-state index contributed by atoms with van der Waals surface area (Å²) in [5.74, 6) is 0.432. The number of hydrogen-bond donors (Lipinski definition) is 2. The Labute approximate surface area is 178 Å². The third-order valence-corrected chi connectivity index (χ3v) is 6.22. The van der Waals surface area contributed by atoms with Crippen LogP contribution in [0.4, 0.5) is 11.5 Å². The molecule has 31 heavy (non-hydrogen) atoms. The molecule has 0 radical (unpaired) electrons. The number of carbonyl (C=O) groups is 1. The number of rotatable bonds is 3. The minimum atomic E-state index is -3.69. The summed E-state index contributed by atoms with van der Waals surface area (Å²) in [5, 5.41) is 6.80. The maximum atomic E-state index is 12.6. The van der Waals surface area contributed by atoms with Gasteiger partial charge in [0.1, 0.15) is 10.7 Å². The molecule has 1 aromatic heterocycles. The summed E-state index contributed by atoms with van der Waals surface area (Å²) in [5.41, 5.74) is 2.38. The topological polar surface area (TPSA) is 101 Å². The SMILES string of the molecule is O=C(Nc1ccc2ccccc2n1)c1ccc(NC2=NS(=O)(=O)c3ccccc32)cc1. The number of nitrogens with zero attached hydrogens (tertiary/aromatic N) is 2. The van der Waals surface area contributed by atoms with E-state index in [1.54, 1.807) is 48.5 Å². The van der Waals surface area contributed by atoms with Crippen molar-refractivity contribution in [1.29, 1.82) is 0 Å². The van der Waals surface area contributed by atoms with Crippen LogP contribution in [0.3, 0.4) is 0 Å². The van der Waals surface area contributed by atoms with Crippen LogP contribution in [-0.4, -0.2) is 25.1 Å². The van der Waals surface area contributed by atoms with Crippen molar-refractivity contribution in [2.75, 3.05) is 10.6 Å². The average molecular weight is 428 g/mol. The summed E-state index contributed by atoms with van der Waals surface area (Å²) >= 11 is 0. The van der Waals surface area contributed by atoms with Gasteiger partial charge in [0.2, 0.25) is 0 Å². The Hall–Kier alpha value is -4.04. The van der Waals surface area contributed by atoms with E-state index < -0.39 is 10.0 Å². The second-order valence-corrected chi connectivity index (χ2v) is 8.53. The molecule has 152 valence electrons. The van der Waals surface area contributed by atoms with Crippen molar-refractivity contribution < 1.29 is 13.2 Å². The normalized spacial score (nSPS) is 14.0. The molecule has 2 N–H and O–H groups in total. The fourth-order valence-electron chi connectivity index (χ4n) is 3.36. The van der Waals surface area contributed by atoms with Crippen LogP contribution in [0.5, 0.6) is 0 Å². The van der Waals surface area contributed by atoms with E-state index in [1.165, 1.54) is 6.07 Å². The van der Waals surface area contributed by atoms with Gasteiger partial charge in [0, 0.05) is 22.2 Å². The third kappa shape index (κ3) is 3.64. The molecule has 1 aliphatic rings. The number of para-hydroxylation sites is 1. The number of hydrogen-bond acceptors (Lipinski definition) is 5. The minimum Gasteiger partial charge on any atom is -0.339 e. The van der Waals surface area contributed by atoms with Crippen LogP contribution in [0.2, 0.25) is 0 Å². The number of benzene rings is 3. The predicted octanol–water partition coefficient (Wildman–Crippen LogP) is 4.05. The van der Waals surface area contributed by atoms with E-state index in [0.29, 0.717) is 22.6 Å². The first-order valence-electron chi connectivity index (χ1n) is 9.48. The summed E-state index contributed by atoms with van der Waals surface area (Å²) in [4.78, 5) is 17.2. The van der Waals surface area contributed by atoms with E-state index in [2.05, 4.69) is 20.0 Å². The Morgan fingerprint density at radius 3 is 2.39 bits per heavy atom. The molecule has 0 unspecified atom stereocenters. The van der Waals surface area contributed by atoms with Gasteiger partial charge < -0.3 is 10.6 Å². The lowest BCUT2D eigenvalue weighted by molar-refractivity contribution is 0.102. The van der Waals surface area contributed by atoms with Gasteiger partial charge in [0.05, 0.1) is 5.52 Å². The highest BCUT2D eigenvalue weighted by Crippen LogP contribution is 2.26. The lowest BCUT2D eigenvalue weighted by Gasteiger charge is -2.08. The Balaban J connectivity index is 1.32. The largest absolute Gasteiger partial charge is 0.339 e. The number of nitrogens with one attached hydrogen (secondary N) is 2. The number of pyridine rings is 1. The maximum absolute atomic E-state index is 12.6. The Morgan fingerprint density at radius 2 is 1.55 bits per heavy atom. The van der Waals surface area contributed by atoms with Crippen molar-refractivity contribution >= 4 is 44.2 Å². The van der Waals surface area contributed by atoms with Gasteiger partial charge in [-0.25, -0.2) is 4.98 Å². The Bertz CT molecular complexity index is 1460. The summed E-state index contributed by atoms with van der Waals surface area (Å²) in [6.45, 7) is 0. The molecule has 0 saturated heterocycles. The number of amides is 1. The molecule has 2 heterocycles. The molecule has 0 atom stereocenters. The number of carbonyl (C=O) groups excluding carboxylic acids is 1. The fraction of sp³-hybridized carbons (Fsp3) is 0. The first-order valence-corrected chi connectivity index (χ1v) is 10.9. The van der Waals surface area contributed by atoms with Crippen molar-refractivity contribution in [2.45, 2.75) is 4.90 Å². The monoisotopic (exact) mass is 428 g/mol. The van der Waals surface area contributed by atoms with E-state index in [0.717, 1.165) is 10.9 Å². The summed E-state index contributed by atoms with van der Waals surface area (Å²) < 4.78 is 28.1. The number of amidine groups is 1. The van der Waals surface area contributed by atoms with Crippen LogP contribution in [0.1, 0.15) is 15.9 Å². The van der Waals surface area contributed by atoms with Crippen LogP contribution < -0.4 is 10.6 Å². The lowest BCUT2D eigenvalue weighted by atomic mass is 10.1. The number of anilines is 2. The standard InChI is InChI=1S/C23H16N4O3S/c28-23(26-21-14-11-15-5-1-3-7-19(15)25-21)16-9-12-17(13-10-16)24-22-18-6-2-4-8-20(18)31(29,30)27-22/h1-14H,(H,24,27)(H,25,26,28). The predicted molar refractivity (Wildman–Crippen MR) is 120 cm³/mol. The van der Waals surface area contributed by atoms with Gasteiger partial charge in [-0.3, -0.25) is 4.79 Å². The van der Waals surface area contributed by atoms with E-state index in [4.69, 9.17) is 0 Å². The van der Waals surface area contributed by atoms with Gasteiger partial charge >= 0.3 is 0 Å². The van der Waals surface area contributed by atoms with Gasteiger partial charge in [-0.2, -0.15) is 8.42 Å². The summed E-state index contributed by atoms with van der Waals surface area (Å²) in [6, 6.07) is 24.6. The zero-order valence-corrected chi connectivity index (χ0v) is 16.9. The van der Waals surface area contributed by atoms with Crippen LogP contribution in [-0.2, 0) is 10.0 Å². The van der Waals surface area contributed by atoms with Gasteiger partial charge in [-0.15, -0.1) is 4.40 Å². The molecule has 8 heteroatoms. The van der Waals surface area contributed by atoms with Crippen LogP contribution in [0, 0.1) is 0 Å². The fourth-order valence-corrected chi connectivity index (χ4v) is 4.54. The quantitative estimate of drug-likeness (QED) is 0.513. The lowest BCUT2D eigenvalue weighted by Crippen LogP contribution is -2.14. The summed E-state index contributed by atoms with van der Waals surface area (Å²) in [6.07, 6.45) is 0. The van der Waals surface area contributed by atoms with E-state index in [9.17, 15) is 13.2 Å². The maximum Gasteiger partial charge on any atom is 0.285 e. The molecule has 0 spiro atoms. The molecule has 3 aromatic carbocycles. The van der Waals surface area contributed by atoms with Gasteiger partial charge in [0.25, 0.3) is 15.9 Å². The molecular weight excluding hydrogens is 412 g/mol. The molecule has 0 fully saturated rings. The number of aromatic nitrogens is 1. The Morgan fingerprint density at radius 1 is 0.806 bits per heavy atom. The average Bonchev–Trinajstić information content (AvgIpc) is 3.04. The first kappa shape index (κ1) is 19.0. The highest BCUT2D eigenvalue weighted by Gasteiger charge is 2.28. The van der Waals surface area contributed by atoms with Crippen LogP contribution >= 0.6 is 0 Å². The van der Waals surface area contributed by atoms with Crippen molar-refractivity contribution in [3.63, 3.8) is 0 Å². The van der Waals surface area contributed by atoms with E-state index in [-0.39, 0.29) is 16.6 Å². The second-order valence-electron chi connectivity index (χ2n) is 6.96. The van der Waals surface area contributed by atoms with E-state index in [1.807, 2.05) is 30.3 Å². The molecule has 5 rings (SSSR count). The molecule has 0 aliphatic carbocycles. The number of sulfonamides is 1. The van der Waals surface area contributed by atoms with Gasteiger partial charge in [0.15, 0.2) is 5.84 Å². The highest BCUT2D eigenvalue weighted by atomic mass is 32.2. The third-order valence-electron chi connectivity index (χ3n) is 4.88. The highest BCUT2D eigenvalue weighted by molar-refractivity contribution is 7.90. The minimum absolute atomic E-state index is 0.177. The molecule has 1 aliphatic heterocycles. The zero-order valence-electron chi connectivity index (χ0n) is 16.1. The molecular formula is C23H16N4O3S. The number of fused-ring (bicyclic) bond motifs is 2. The smallest absolute Gasteiger partial charge is 0.285 e. The van der Waals surface area contributed by atoms with Crippen molar-refractivity contribution in [2.24, 2.45) is 4.40 Å². The van der Waals surface area contributed by atoms with Gasteiger partial charge in [-0.05, 0) is 54.6 Å². The molecule has 0 bridgehead atoms. The first-order chi connectivity index (χ1) is 15.0. The van der Waals surface area contributed by atoms with Crippen LogP contribution in [0.15, 0.2) is 94.2 Å². The molecule has 7 nitrogen and oxygen atoms in total. The van der Waals surface area contributed by atoms with Crippen molar-refractivity contribution in [3.8, 4) is 0 Å². The summed E-state index contributed by atoms with van der Waals surface area (Å²) in [7, 11) is -3.69. The Kier molecular flexibility index (Phi) is 4.48. The van der Waals surface area contributed by atoms with E-state index >= 15 is 0 Å². The second kappa shape index (κ2) is 7.33. The molecule has 4 aromatic rings. The van der Waals surface area contributed by atoms with Crippen molar-refractivity contribution in [1.82, 2.24) is 4.98 Å². The van der Waals surface area contributed by atoms with Gasteiger partial charge in [-0.1, -0.05) is 30.3 Å². The zero-order chi connectivity index (χ0) is 21.4.